The monoisotopic (exact) mass is 276 g/mol. The average molecular weight is 276 g/mol. The first-order valence-corrected chi connectivity index (χ1v) is 8.48. The largest absolute Gasteiger partial charge is 0.354 e. The molecule has 4 bridgehead atoms. The van der Waals surface area contributed by atoms with Crippen molar-refractivity contribution in [1.29, 1.82) is 0 Å². The number of nitrogens with two attached hydrogens (primary N) is 1. The first kappa shape index (κ1) is 13.1. The van der Waals surface area contributed by atoms with Crippen molar-refractivity contribution in [3.63, 3.8) is 0 Å². The second-order valence-corrected chi connectivity index (χ2v) is 8.95. The minimum absolute atomic E-state index is 0.0427. The summed E-state index contributed by atoms with van der Waals surface area (Å²) < 4.78 is 0. The van der Waals surface area contributed by atoms with Crippen molar-refractivity contribution in [2.24, 2.45) is 28.4 Å². The molecule has 0 aromatic heterocycles. The van der Waals surface area contributed by atoms with Crippen molar-refractivity contribution >= 4 is 5.91 Å². The fourth-order valence-corrected chi connectivity index (χ4v) is 6.24. The zero-order valence-corrected chi connectivity index (χ0v) is 12.7. The SMILES string of the molecule is CC12CC3CC(C1)CC(C(=O)NCC1(N)CCC1)(C3)C2. The topological polar surface area (TPSA) is 55.1 Å². The van der Waals surface area contributed by atoms with Gasteiger partial charge in [-0.25, -0.2) is 0 Å². The van der Waals surface area contributed by atoms with Crippen molar-refractivity contribution in [2.45, 2.75) is 70.3 Å². The molecule has 20 heavy (non-hydrogen) atoms. The summed E-state index contributed by atoms with van der Waals surface area (Å²) in [7, 11) is 0. The molecule has 112 valence electrons. The van der Waals surface area contributed by atoms with Gasteiger partial charge < -0.3 is 11.1 Å². The maximum Gasteiger partial charge on any atom is 0.226 e. The molecule has 0 aliphatic heterocycles. The minimum atomic E-state index is -0.0954. The van der Waals surface area contributed by atoms with Gasteiger partial charge in [-0.05, 0) is 75.0 Å². The molecule has 0 heterocycles. The predicted octanol–water partition coefficient (Wildman–Crippen LogP) is 2.59. The maximum atomic E-state index is 12.9. The molecule has 2 atom stereocenters. The summed E-state index contributed by atoms with van der Waals surface area (Å²) >= 11 is 0. The first-order chi connectivity index (χ1) is 9.41. The lowest BCUT2D eigenvalue weighted by atomic mass is 9.44. The molecular formula is C17H28N2O. The van der Waals surface area contributed by atoms with Gasteiger partial charge in [-0.3, -0.25) is 4.79 Å². The van der Waals surface area contributed by atoms with Crippen molar-refractivity contribution in [2.75, 3.05) is 6.54 Å². The van der Waals surface area contributed by atoms with E-state index in [-0.39, 0.29) is 11.0 Å². The molecule has 0 aromatic carbocycles. The molecule has 5 saturated carbocycles. The fourth-order valence-electron chi connectivity index (χ4n) is 6.24. The second kappa shape index (κ2) is 4.00. The van der Waals surface area contributed by atoms with Crippen LogP contribution in [0.25, 0.3) is 0 Å². The summed E-state index contributed by atoms with van der Waals surface area (Å²) in [4.78, 5) is 12.9. The van der Waals surface area contributed by atoms with Crippen molar-refractivity contribution in [1.82, 2.24) is 5.32 Å². The lowest BCUT2D eigenvalue weighted by Gasteiger charge is -2.60. The Balaban J connectivity index is 1.48. The van der Waals surface area contributed by atoms with Gasteiger partial charge in [0.25, 0.3) is 0 Å². The van der Waals surface area contributed by atoms with Crippen LogP contribution in [0.4, 0.5) is 0 Å². The van der Waals surface area contributed by atoms with E-state index < -0.39 is 0 Å². The van der Waals surface area contributed by atoms with Crippen LogP contribution in [0.3, 0.4) is 0 Å². The van der Waals surface area contributed by atoms with Crippen LogP contribution in [0.5, 0.6) is 0 Å². The Morgan fingerprint density at radius 2 is 1.85 bits per heavy atom. The van der Waals surface area contributed by atoms with E-state index in [1.54, 1.807) is 0 Å². The number of hydrogen-bond acceptors (Lipinski definition) is 2. The maximum absolute atomic E-state index is 12.9. The molecule has 0 spiro atoms. The Morgan fingerprint density at radius 1 is 1.20 bits per heavy atom. The molecule has 3 nitrogen and oxygen atoms in total. The van der Waals surface area contributed by atoms with Crippen molar-refractivity contribution in [3.8, 4) is 0 Å². The summed E-state index contributed by atoms with van der Waals surface area (Å²) in [6, 6.07) is 0. The van der Waals surface area contributed by atoms with Gasteiger partial charge in [0.05, 0.1) is 5.41 Å². The summed E-state index contributed by atoms with van der Waals surface area (Å²) in [6.07, 6.45) is 10.9. The number of nitrogens with one attached hydrogen (secondary N) is 1. The molecule has 3 N–H and O–H groups in total. The quantitative estimate of drug-likeness (QED) is 0.832. The van der Waals surface area contributed by atoms with Gasteiger partial charge in [-0.2, -0.15) is 0 Å². The fraction of sp³-hybridized carbons (Fsp3) is 0.941. The van der Waals surface area contributed by atoms with Crippen LogP contribution in [0.1, 0.15) is 64.7 Å². The third-order valence-electron chi connectivity index (χ3n) is 6.79. The first-order valence-electron chi connectivity index (χ1n) is 8.48. The van der Waals surface area contributed by atoms with Crippen LogP contribution in [0.15, 0.2) is 0 Å². The molecule has 3 heteroatoms. The third-order valence-corrected chi connectivity index (χ3v) is 6.79. The van der Waals surface area contributed by atoms with E-state index in [0.29, 0.717) is 17.9 Å². The lowest BCUT2D eigenvalue weighted by molar-refractivity contribution is -0.155. The van der Waals surface area contributed by atoms with Crippen molar-refractivity contribution in [3.05, 3.63) is 0 Å². The number of rotatable bonds is 3. The smallest absolute Gasteiger partial charge is 0.226 e. The molecular weight excluding hydrogens is 248 g/mol. The van der Waals surface area contributed by atoms with E-state index in [1.807, 2.05) is 0 Å². The molecule has 0 radical (unpaired) electrons. The van der Waals surface area contributed by atoms with E-state index in [9.17, 15) is 4.79 Å². The van der Waals surface area contributed by atoms with Crippen LogP contribution in [0, 0.1) is 22.7 Å². The molecule has 5 fully saturated rings. The molecule has 2 unspecified atom stereocenters. The van der Waals surface area contributed by atoms with Gasteiger partial charge in [0.15, 0.2) is 0 Å². The summed E-state index contributed by atoms with van der Waals surface area (Å²) in [6.45, 7) is 3.11. The Kier molecular flexibility index (Phi) is 2.62. The highest BCUT2D eigenvalue weighted by Crippen LogP contribution is 2.65. The van der Waals surface area contributed by atoms with Crippen LogP contribution >= 0.6 is 0 Å². The zero-order chi connectivity index (χ0) is 14.0. The molecule has 5 rings (SSSR count). The third kappa shape index (κ3) is 1.93. The Morgan fingerprint density at radius 3 is 2.35 bits per heavy atom. The molecule has 0 aromatic rings. The van der Waals surface area contributed by atoms with Gasteiger partial charge in [-0.15, -0.1) is 0 Å². The second-order valence-electron chi connectivity index (χ2n) is 8.95. The van der Waals surface area contributed by atoms with E-state index in [4.69, 9.17) is 5.73 Å². The zero-order valence-electron chi connectivity index (χ0n) is 12.7. The summed E-state index contributed by atoms with van der Waals surface area (Å²) in [5, 5.41) is 3.24. The molecule has 5 aliphatic carbocycles. The van der Waals surface area contributed by atoms with Gasteiger partial charge >= 0.3 is 0 Å². The van der Waals surface area contributed by atoms with Crippen LogP contribution < -0.4 is 11.1 Å². The van der Waals surface area contributed by atoms with Gasteiger partial charge in [0.2, 0.25) is 5.91 Å². The average Bonchev–Trinajstić information content (AvgIpc) is 2.30. The molecule has 5 aliphatic rings. The highest BCUT2D eigenvalue weighted by molar-refractivity contribution is 5.83. The standard InChI is InChI=1S/C17H28N2O/c1-15-6-12-5-13(7-15)9-16(8-12,10-15)14(20)19-11-17(18)3-2-4-17/h12-13H,2-11,18H2,1H3,(H,19,20). The Hall–Kier alpha value is -0.570. The van der Waals surface area contributed by atoms with E-state index in [0.717, 1.165) is 43.9 Å². The highest BCUT2D eigenvalue weighted by atomic mass is 16.2. The Labute approximate surface area is 122 Å². The predicted molar refractivity (Wildman–Crippen MR) is 79.0 cm³/mol. The van der Waals surface area contributed by atoms with Crippen LogP contribution in [0.2, 0.25) is 0 Å². The lowest BCUT2D eigenvalue weighted by Crippen LogP contribution is -2.60. The Bertz CT molecular complexity index is 426. The van der Waals surface area contributed by atoms with Crippen LogP contribution in [-0.2, 0) is 4.79 Å². The highest BCUT2D eigenvalue weighted by Gasteiger charge is 2.58. The van der Waals surface area contributed by atoms with Crippen molar-refractivity contribution < 1.29 is 4.79 Å². The molecule has 1 amide bonds. The summed E-state index contributed by atoms with van der Waals surface area (Å²) in [5.74, 6) is 1.94. The number of hydrogen-bond donors (Lipinski definition) is 2. The number of amides is 1. The number of carbonyl (C=O) groups is 1. The van der Waals surface area contributed by atoms with E-state index >= 15 is 0 Å². The van der Waals surface area contributed by atoms with Gasteiger partial charge in [-0.1, -0.05) is 6.92 Å². The van der Waals surface area contributed by atoms with E-state index in [2.05, 4.69) is 12.2 Å². The number of carbonyl (C=O) groups excluding carboxylic acids is 1. The molecule has 0 saturated heterocycles. The summed E-state index contributed by atoms with van der Waals surface area (Å²) in [5.41, 5.74) is 6.56. The van der Waals surface area contributed by atoms with Crippen LogP contribution in [-0.4, -0.2) is 18.0 Å². The normalized spacial score (nSPS) is 47.9. The minimum Gasteiger partial charge on any atom is -0.354 e. The van der Waals surface area contributed by atoms with E-state index in [1.165, 1.54) is 25.7 Å². The van der Waals surface area contributed by atoms with Gasteiger partial charge in [0, 0.05) is 12.1 Å². The van der Waals surface area contributed by atoms with Gasteiger partial charge in [0.1, 0.15) is 0 Å².